The van der Waals surface area contributed by atoms with Gasteiger partial charge < -0.3 is 23.7 Å². The molecule has 38 heavy (non-hydrogen) atoms. The van der Waals surface area contributed by atoms with E-state index in [0.29, 0.717) is 6.61 Å². The van der Waals surface area contributed by atoms with E-state index in [1.54, 1.807) is 0 Å². The zero-order chi connectivity index (χ0) is 26.7. The van der Waals surface area contributed by atoms with Gasteiger partial charge in [-0.05, 0) is 23.3 Å². The third-order valence-electron chi connectivity index (χ3n) is 5.87. The number of thioether (sulfide) groups is 1. The number of esters is 2. The molecule has 1 fully saturated rings. The Balaban J connectivity index is 1.60. The molecule has 1 saturated heterocycles. The summed E-state index contributed by atoms with van der Waals surface area (Å²) < 4.78 is 30.3. The summed E-state index contributed by atoms with van der Waals surface area (Å²) >= 11 is 1.46. The zero-order valence-corrected chi connectivity index (χ0v) is 22.3. The van der Waals surface area contributed by atoms with Crippen LogP contribution in [0.4, 0.5) is 0 Å². The van der Waals surface area contributed by atoms with Crippen LogP contribution < -0.4 is 0 Å². The summed E-state index contributed by atoms with van der Waals surface area (Å²) in [5.74, 6) is -1.02. The molecule has 0 radical (unpaired) electrons. The van der Waals surface area contributed by atoms with Crippen LogP contribution in [0.3, 0.4) is 0 Å². The molecule has 200 valence electrons. The Kier molecular flexibility index (Phi) is 10.3. The SMILES string of the molecule is CC(=O)OC1C(OCc2ccccc2)[C@H](Sc2ccccc2)OC(COCc2ccccc2)[C@@H]1OC(C)=O. The van der Waals surface area contributed by atoms with E-state index in [-0.39, 0.29) is 13.2 Å². The van der Waals surface area contributed by atoms with Crippen molar-refractivity contribution in [2.45, 2.75) is 61.8 Å². The number of hydrogen-bond acceptors (Lipinski definition) is 8. The molecule has 0 spiro atoms. The van der Waals surface area contributed by atoms with Crippen LogP contribution >= 0.6 is 11.8 Å². The van der Waals surface area contributed by atoms with E-state index in [4.69, 9.17) is 23.7 Å². The summed E-state index contributed by atoms with van der Waals surface area (Å²) in [7, 11) is 0. The topological polar surface area (TPSA) is 80.3 Å². The maximum absolute atomic E-state index is 12.2. The van der Waals surface area contributed by atoms with Crippen molar-refractivity contribution in [3.63, 3.8) is 0 Å². The molecular formula is C30H32O7S. The normalized spacial score (nSPS) is 22.9. The molecule has 3 unspecified atom stereocenters. The Labute approximate surface area is 227 Å². The van der Waals surface area contributed by atoms with Gasteiger partial charge in [0.05, 0.1) is 19.8 Å². The zero-order valence-electron chi connectivity index (χ0n) is 21.4. The molecule has 1 aliphatic rings. The highest BCUT2D eigenvalue weighted by Gasteiger charge is 2.51. The fourth-order valence-electron chi connectivity index (χ4n) is 4.21. The Bertz CT molecular complexity index is 1140. The molecule has 0 aliphatic carbocycles. The lowest BCUT2D eigenvalue weighted by Gasteiger charge is -2.44. The molecule has 0 amide bonds. The van der Waals surface area contributed by atoms with Crippen LogP contribution in [0, 0.1) is 0 Å². The van der Waals surface area contributed by atoms with Crippen molar-refractivity contribution in [1.29, 1.82) is 0 Å². The molecule has 0 aromatic heterocycles. The first-order valence-electron chi connectivity index (χ1n) is 12.5. The minimum atomic E-state index is -0.916. The Hall–Kier alpha value is -3.17. The monoisotopic (exact) mass is 536 g/mol. The second kappa shape index (κ2) is 14.1. The summed E-state index contributed by atoms with van der Waals surface area (Å²) in [6.07, 6.45) is -3.23. The van der Waals surface area contributed by atoms with Gasteiger partial charge in [0.25, 0.3) is 0 Å². The highest BCUT2D eigenvalue weighted by Crippen LogP contribution is 2.37. The van der Waals surface area contributed by atoms with Crippen LogP contribution in [0.5, 0.6) is 0 Å². The van der Waals surface area contributed by atoms with Gasteiger partial charge in [-0.2, -0.15) is 0 Å². The summed E-state index contributed by atoms with van der Waals surface area (Å²) in [5.41, 5.74) is 1.39. The smallest absolute Gasteiger partial charge is 0.303 e. The van der Waals surface area contributed by atoms with Crippen molar-refractivity contribution in [1.82, 2.24) is 0 Å². The predicted octanol–water partition coefficient (Wildman–Crippen LogP) is 5.17. The molecule has 3 aromatic rings. The lowest BCUT2D eigenvalue weighted by Crippen LogP contribution is -2.61. The molecular weight excluding hydrogens is 504 g/mol. The highest BCUT2D eigenvalue weighted by molar-refractivity contribution is 7.99. The summed E-state index contributed by atoms with van der Waals surface area (Å²) in [4.78, 5) is 25.3. The van der Waals surface area contributed by atoms with Gasteiger partial charge in [0.1, 0.15) is 17.6 Å². The molecule has 3 aromatic carbocycles. The van der Waals surface area contributed by atoms with Crippen molar-refractivity contribution >= 4 is 23.7 Å². The van der Waals surface area contributed by atoms with E-state index in [0.717, 1.165) is 16.0 Å². The number of carbonyl (C=O) groups excluding carboxylic acids is 2. The number of carbonyl (C=O) groups is 2. The van der Waals surface area contributed by atoms with Crippen LogP contribution in [0.1, 0.15) is 25.0 Å². The van der Waals surface area contributed by atoms with E-state index in [9.17, 15) is 9.59 Å². The largest absolute Gasteiger partial charge is 0.456 e. The minimum absolute atomic E-state index is 0.127. The fraction of sp³-hybridized carbons (Fsp3) is 0.333. The molecule has 5 atom stereocenters. The third kappa shape index (κ3) is 8.16. The molecule has 0 N–H and O–H groups in total. The number of benzene rings is 3. The van der Waals surface area contributed by atoms with Gasteiger partial charge in [-0.15, -0.1) is 0 Å². The molecule has 0 bridgehead atoms. The van der Waals surface area contributed by atoms with Crippen molar-refractivity contribution in [2.75, 3.05) is 6.61 Å². The molecule has 1 heterocycles. The number of hydrogen-bond donors (Lipinski definition) is 0. The molecule has 1 aliphatic heterocycles. The van der Waals surface area contributed by atoms with Gasteiger partial charge in [0.15, 0.2) is 12.2 Å². The van der Waals surface area contributed by atoms with Gasteiger partial charge in [-0.3, -0.25) is 9.59 Å². The summed E-state index contributed by atoms with van der Waals surface area (Å²) in [6, 6.07) is 29.2. The van der Waals surface area contributed by atoms with Gasteiger partial charge in [0.2, 0.25) is 0 Å². The van der Waals surface area contributed by atoms with Crippen LogP contribution in [-0.2, 0) is 46.5 Å². The highest BCUT2D eigenvalue weighted by atomic mass is 32.2. The second-order valence-electron chi connectivity index (χ2n) is 8.88. The molecule has 4 rings (SSSR count). The molecule has 0 saturated carbocycles. The lowest BCUT2D eigenvalue weighted by atomic mass is 9.99. The number of ether oxygens (including phenoxy) is 5. The molecule has 8 heteroatoms. The quantitative estimate of drug-likeness (QED) is 0.311. The lowest BCUT2D eigenvalue weighted by molar-refractivity contribution is -0.242. The van der Waals surface area contributed by atoms with Crippen LogP contribution in [-0.4, -0.2) is 48.4 Å². The third-order valence-corrected chi connectivity index (χ3v) is 7.03. The van der Waals surface area contributed by atoms with E-state index in [1.165, 1.54) is 25.6 Å². The Morgan fingerprint density at radius 1 is 0.711 bits per heavy atom. The maximum Gasteiger partial charge on any atom is 0.303 e. The summed E-state index contributed by atoms with van der Waals surface area (Å²) in [6.45, 7) is 3.39. The van der Waals surface area contributed by atoms with Crippen molar-refractivity contribution in [3.8, 4) is 0 Å². The van der Waals surface area contributed by atoms with Gasteiger partial charge in [-0.25, -0.2) is 0 Å². The van der Waals surface area contributed by atoms with Gasteiger partial charge in [0, 0.05) is 18.7 Å². The van der Waals surface area contributed by atoms with Gasteiger partial charge in [-0.1, -0.05) is 90.6 Å². The average molecular weight is 537 g/mol. The first kappa shape index (κ1) is 27.9. The molecule has 7 nitrogen and oxygen atoms in total. The Morgan fingerprint density at radius 3 is 1.82 bits per heavy atom. The van der Waals surface area contributed by atoms with E-state index in [1.807, 2.05) is 91.0 Å². The van der Waals surface area contributed by atoms with Crippen LogP contribution in [0.25, 0.3) is 0 Å². The van der Waals surface area contributed by atoms with Crippen molar-refractivity contribution < 1.29 is 33.3 Å². The van der Waals surface area contributed by atoms with Gasteiger partial charge >= 0.3 is 11.9 Å². The fourth-order valence-corrected chi connectivity index (χ4v) is 5.36. The maximum atomic E-state index is 12.2. The van der Waals surface area contributed by atoms with E-state index < -0.39 is 41.8 Å². The second-order valence-corrected chi connectivity index (χ2v) is 10.1. The van der Waals surface area contributed by atoms with Crippen molar-refractivity contribution in [2.24, 2.45) is 0 Å². The predicted molar refractivity (Wildman–Crippen MR) is 143 cm³/mol. The van der Waals surface area contributed by atoms with E-state index >= 15 is 0 Å². The van der Waals surface area contributed by atoms with E-state index in [2.05, 4.69) is 0 Å². The first-order valence-corrected chi connectivity index (χ1v) is 13.4. The van der Waals surface area contributed by atoms with Crippen LogP contribution in [0.2, 0.25) is 0 Å². The average Bonchev–Trinajstić information content (AvgIpc) is 2.91. The van der Waals surface area contributed by atoms with Crippen molar-refractivity contribution in [3.05, 3.63) is 102 Å². The number of rotatable bonds is 11. The minimum Gasteiger partial charge on any atom is -0.456 e. The first-order chi connectivity index (χ1) is 18.5. The van der Waals surface area contributed by atoms with Crippen LogP contribution in [0.15, 0.2) is 95.9 Å². The summed E-state index contributed by atoms with van der Waals surface area (Å²) in [5, 5.41) is 0. The standard InChI is InChI=1S/C30H32O7S/c1-21(31)35-27-26(20-33-18-23-12-6-3-7-13-23)37-30(38-25-16-10-5-11-17-25)29(28(27)36-22(2)32)34-19-24-14-8-4-9-15-24/h3-17,26-30H,18-20H2,1-2H3/t26?,27-,28?,29?,30-/m0/s1. The Morgan fingerprint density at radius 2 is 1.24 bits per heavy atom.